The fraction of sp³-hybridized carbons (Fsp3) is 0.341. The number of primary amides is 2. The van der Waals surface area contributed by atoms with Gasteiger partial charge in [0.2, 0.25) is 35.4 Å². The summed E-state index contributed by atoms with van der Waals surface area (Å²) in [4.78, 5) is 90.3. The van der Waals surface area contributed by atoms with Crippen LogP contribution in [0.25, 0.3) is 0 Å². The molecule has 56 heavy (non-hydrogen) atoms. The molecule has 0 heterocycles. The molecule has 9 N–H and O–H groups in total. The Kier molecular flexibility index (Phi) is 18.3. The summed E-state index contributed by atoms with van der Waals surface area (Å²) in [6, 6.07) is 22.0. The van der Waals surface area contributed by atoms with Crippen molar-refractivity contribution in [1.29, 1.82) is 0 Å². The van der Waals surface area contributed by atoms with Crippen molar-refractivity contribution in [3.63, 3.8) is 0 Å². The van der Waals surface area contributed by atoms with Crippen molar-refractivity contribution >= 4 is 47.2 Å². The Morgan fingerprint density at radius 1 is 0.625 bits per heavy atom. The van der Waals surface area contributed by atoms with Gasteiger partial charge in [-0.25, -0.2) is 4.79 Å². The fourth-order valence-corrected chi connectivity index (χ4v) is 5.48. The van der Waals surface area contributed by atoms with Crippen molar-refractivity contribution in [2.75, 3.05) is 5.32 Å². The maximum atomic E-state index is 14.0. The molecule has 15 nitrogen and oxygen atoms in total. The van der Waals surface area contributed by atoms with Gasteiger partial charge in [-0.3, -0.25) is 28.8 Å². The van der Waals surface area contributed by atoms with E-state index >= 15 is 0 Å². The van der Waals surface area contributed by atoms with E-state index in [9.17, 15) is 33.6 Å². The molecule has 0 aromatic heterocycles. The van der Waals surface area contributed by atoms with Crippen LogP contribution in [0.5, 0.6) is 0 Å². The maximum Gasteiger partial charge on any atom is 0.408 e. The van der Waals surface area contributed by atoms with Gasteiger partial charge in [-0.05, 0) is 48.4 Å². The summed E-state index contributed by atoms with van der Waals surface area (Å²) in [7, 11) is 0. The van der Waals surface area contributed by atoms with Gasteiger partial charge in [0.05, 0.1) is 0 Å². The maximum absolute atomic E-state index is 14.0. The zero-order valence-electron chi connectivity index (χ0n) is 31.6. The van der Waals surface area contributed by atoms with E-state index in [1.165, 1.54) is 12.2 Å². The predicted octanol–water partition coefficient (Wildman–Crippen LogP) is 2.75. The summed E-state index contributed by atoms with van der Waals surface area (Å²) >= 11 is 0. The lowest BCUT2D eigenvalue weighted by Gasteiger charge is -2.26. The molecule has 4 atom stereocenters. The molecule has 3 aromatic rings. The second-order valence-corrected chi connectivity index (χ2v) is 13.5. The Balaban J connectivity index is 1.80. The Morgan fingerprint density at radius 3 is 1.73 bits per heavy atom. The molecule has 15 heteroatoms. The second kappa shape index (κ2) is 23.3. The molecule has 3 rings (SSSR count). The first-order valence-corrected chi connectivity index (χ1v) is 18.3. The van der Waals surface area contributed by atoms with E-state index in [1.54, 1.807) is 84.9 Å². The van der Waals surface area contributed by atoms with Crippen molar-refractivity contribution in [2.24, 2.45) is 17.4 Å². The second-order valence-electron chi connectivity index (χ2n) is 13.5. The number of amides is 7. The van der Waals surface area contributed by atoms with Crippen LogP contribution in [0.2, 0.25) is 0 Å². The number of nitrogens with two attached hydrogens (primary N) is 2. The van der Waals surface area contributed by atoms with Crippen LogP contribution in [0, 0.1) is 5.92 Å². The molecule has 0 aliphatic heterocycles. The number of nitrogens with one attached hydrogen (secondary N) is 5. The number of benzene rings is 3. The van der Waals surface area contributed by atoms with E-state index < -0.39 is 65.7 Å². The third-order valence-electron chi connectivity index (χ3n) is 8.31. The van der Waals surface area contributed by atoms with E-state index in [-0.39, 0.29) is 51.0 Å². The molecule has 7 amide bonds. The van der Waals surface area contributed by atoms with Crippen molar-refractivity contribution in [3.05, 3.63) is 114 Å². The SMILES string of the molecule is CC(C)C[C@H](NC(=O)OCc1ccccc1)C(=O)N[C@@H](Cc1ccccc1)C(=O)N[C@@H](CCC(N)=O)C(=O)N[C@H](/C=C/C(=O)Nc1ccccc1)CCC(N)=O. The molecule has 0 spiro atoms. The molecular weight excluding hydrogens is 718 g/mol. The van der Waals surface area contributed by atoms with Crippen LogP contribution in [0.1, 0.15) is 57.1 Å². The van der Waals surface area contributed by atoms with Gasteiger partial charge >= 0.3 is 6.09 Å². The standard InChI is InChI=1S/C41H51N7O8/c1-27(2)24-33(48-41(55)56-26-29-14-8-4-9-15-29)39(53)47-34(25-28-12-6-3-7-13-28)40(54)46-32(20-22-36(43)50)38(52)45-31(18-21-35(42)49)19-23-37(51)44-30-16-10-5-11-17-30/h3-17,19,23,27,31-34H,18,20-22,24-26H2,1-2H3,(H2,42,49)(H2,43,50)(H,44,51)(H,45,52)(H,46,54)(H,47,53)(H,48,55)/b23-19+/t31-,32-,33-,34-/m0/s1. The highest BCUT2D eigenvalue weighted by molar-refractivity contribution is 5.99. The normalized spacial score (nSPS) is 13.1. The van der Waals surface area contributed by atoms with Gasteiger partial charge in [-0.2, -0.15) is 0 Å². The first-order valence-electron chi connectivity index (χ1n) is 18.3. The van der Waals surface area contributed by atoms with E-state index in [0.29, 0.717) is 11.3 Å². The Labute approximate surface area is 326 Å². The van der Waals surface area contributed by atoms with Crippen LogP contribution >= 0.6 is 0 Å². The third-order valence-corrected chi connectivity index (χ3v) is 8.31. The summed E-state index contributed by atoms with van der Waals surface area (Å²) in [5.41, 5.74) is 12.7. The molecule has 0 unspecified atom stereocenters. The molecule has 0 fully saturated rings. The molecule has 0 radical (unpaired) electrons. The Hall–Kier alpha value is -6.51. The highest BCUT2D eigenvalue weighted by Crippen LogP contribution is 2.11. The van der Waals surface area contributed by atoms with E-state index in [1.807, 2.05) is 19.9 Å². The molecular formula is C41H51N7O8. The topological polar surface area (TPSA) is 241 Å². The zero-order chi connectivity index (χ0) is 40.9. The van der Waals surface area contributed by atoms with Crippen LogP contribution in [0.4, 0.5) is 10.5 Å². The number of para-hydroxylation sites is 1. The number of rotatable bonds is 22. The summed E-state index contributed by atoms with van der Waals surface area (Å²) in [6.07, 6.45) is 1.40. The van der Waals surface area contributed by atoms with Crippen LogP contribution in [0.3, 0.4) is 0 Å². The number of anilines is 1. The first-order chi connectivity index (χ1) is 26.8. The van der Waals surface area contributed by atoms with Gasteiger partial charge in [0, 0.05) is 37.1 Å². The smallest absolute Gasteiger partial charge is 0.408 e. The van der Waals surface area contributed by atoms with E-state index in [4.69, 9.17) is 16.2 Å². The lowest BCUT2D eigenvalue weighted by Crippen LogP contribution is -2.58. The largest absolute Gasteiger partial charge is 0.445 e. The van der Waals surface area contributed by atoms with Crippen LogP contribution in [-0.4, -0.2) is 65.7 Å². The van der Waals surface area contributed by atoms with Crippen LogP contribution < -0.4 is 38.1 Å². The van der Waals surface area contributed by atoms with Crippen molar-refractivity contribution in [3.8, 4) is 0 Å². The van der Waals surface area contributed by atoms with Gasteiger partial charge in [0.25, 0.3) is 0 Å². The molecule has 0 aliphatic carbocycles. The molecule has 3 aromatic carbocycles. The van der Waals surface area contributed by atoms with E-state index in [0.717, 1.165) is 5.56 Å². The average Bonchev–Trinajstić information content (AvgIpc) is 3.16. The quantitative estimate of drug-likeness (QED) is 0.0748. The van der Waals surface area contributed by atoms with Crippen LogP contribution in [-0.2, 0) is 46.5 Å². The molecule has 0 saturated carbocycles. The lowest BCUT2D eigenvalue weighted by atomic mass is 10.0. The highest BCUT2D eigenvalue weighted by atomic mass is 16.5. The van der Waals surface area contributed by atoms with E-state index in [2.05, 4.69) is 26.6 Å². The number of carbonyl (C=O) groups excluding carboxylic acids is 7. The summed E-state index contributed by atoms with van der Waals surface area (Å²) in [6.45, 7) is 3.72. The zero-order valence-corrected chi connectivity index (χ0v) is 31.6. The number of carbonyl (C=O) groups is 7. The monoisotopic (exact) mass is 769 g/mol. The molecule has 0 bridgehead atoms. The average molecular weight is 770 g/mol. The number of hydrogen-bond donors (Lipinski definition) is 7. The number of ether oxygens (including phenoxy) is 1. The first kappa shape index (κ1) is 43.9. The summed E-state index contributed by atoms with van der Waals surface area (Å²) < 4.78 is 5.34. The fourth-order valence-electron chi connectivity index (χ4n) is 5.48. The third kappa shape index (κ3) is 17.1. The molecule has 298 valence electrons. The summed E-state index contributed by atoms with van der Waals surface area (Å²) in [5, 5.41) is 13.4. The van der Waals surface area contributed by atoms with Crippen molar-refractivity contribution in [2.45, 2.75) is 83.1 Å². The molecule has 0 saturated heterocycles. The van der Waals surface area contributed by atoms with Gasteiger partial charge in [-0.15, -0.1) is 0 Å². The minimum absolute atomic E-state index is 0.00985. The highest BCUT2D eigenvalue weighted by Gasteiger charge is 2.31. The van der Waals surface area contributed by atoms with Crippen molar-refractivity contribution < 1.29 is 38.3 Å². The van der Waals surface area contributed by atoms with Crippen molar-refractivity contribution in [1.82, 2.24) is 21.3 Å². The number of alkyl carbamates (subject to hydrolysis) is 1. The van der Waals surface area contributed by atoms with Gasteiger partial charge in [-0.1, -0.05) is 98.8 Å². The number of hydrogen-bond acceptors (Lipinski definition) is 8. The molecule has 0 aliphatic rings. The van der Waals surface area contributed by atoms with Gasteiger partial charge < -0.3 is 42.8 Å². The summed E-state index contributed by atoms with van der Waals surface area (Å²) in [5.74, 6) is -4.06. The minimum atomic E-state index is -1.33. The Bertz CT molecular complexity index is 1790. The van der Waals surface area contributed by atoms with Gasteiger partial charge in [0.15, 0.2) is 0 Å². The van der Waals surface area contributed by atoms with Crippen LogP contribution in [0.15, 0.2) is 103 Å². The predicted molar refractivity (Wildman–Crippen MR) is 210 cm³/mol. The Morgan fingerprint density at radius 2 is 1.14 bits per heavy atom. The minimum Gasteiger partial charge on any atom is -0.445 e. The van der Waals surface area contributed by atoms with Gasteiger partial charge in [0.1, 0.15) is 24.7 Å². The lowest BCUT2D eigenvalue weighted by molar-refractivity contribution is -0.133.